The van der Waals surface area contributed by atoms with Gasteiger partial charge in [-0.25, -0.2) is 14.4 Å². The van der Waals surface area contributed by atoms with Crippen LogP contribution in [-0.4, -0.2) is 74.3 Å². The summed E-state index contributed by atoms with van der Waals surface area (Å²) in [6.45, 7) is 6.35. The lowest BCUT2D eigenvalue weighted by atomic mass is 9.95. The zero-order valence-electron chi connectivity index (χ0n) is 22.2. The summed E-state index contributed by atoms with van der Waals surface area (Å²) in [4.78, 5) is 20.1. The van der Waals surface area contributed by atoms with Gasteiger partial charge in [0.05, 0.1) is 23.8 Å². The van der Waals surface area contributed by atoms with E-state index in [1.807, 2.05) is 0 Å². The number of benzene rings is 1. The highest BCUT2D eigenvalue weighted by molar-refractivity contribution is 7.22. The van der Waals surface area contributed by atoms with E-state index in [0.717, 1.165) is 68.0 Å². The SMILES string of the molecule is CN1CCN(CCn2cc3c(n2)CCc2c-3sc3ncnc(Nc4ccc(Oc5cccnc5)c(F)c4)c23)CC1. The number of anilines is 2. The van der Waals surface area contributed by atoms with E-state index >= 15 is 0 Å². The number of pyridine rings is 1. The summed E-state index contributed by atoms with van der Waals surface area (Å²) in [5.41, 5.74) is 4.15. The molecule has 4 aromatic heterocycles. The molecule has 7 rings (SSSR count). The zero-order chi connectivity index (χ0) is 27.1. The average Bonchev–Trinajstić information content (AvgIpc) is 3.56. The summed E-state index contributed by atoms with van der Waals surface area (Å²) in [5, 5.41) is 9.25. The summed E-state index contributed by atoms with van der Waals surface area (Å²) in [5.74, 6) is 0.817. The Kier molecular flexibility index (Phi) is 6.62. The first kappa shape index (κ1) is 25.1. The predicted molar refractivity (Wildman–Crippen MR) is 154 cm³/mol. The van der Waals surface area contributed by atoms with Crippen molar-refractivity contribution in [1.82, 2.24) is 34.5 Å². The Bertz CT molecular complexity index is 1660. The largest absolute Gasteiger partial charge is 0.453 e. The Morgan fingerprint density at radius 3 is 2.80 bits per heavy atom. The minimum atomic E-state index is -0.472. The molecule has 1 aliphatic carbocycles. The molecule has 40 heavy (non-hydrogen) atoms. The third-order valence-electron chi connectivity index (χ3n) is 7.58. The topological polar surface area (TPSA) is 84.2 Å². The van der Waals surface area contributed by atoms with Gasteiger partial charge in [0.25, 0.3) is 0 Å². The first-order valence-electron chi connectivity index (χ1n) is 13.5. The molecule has 11 heteroatoms. The molecule has 9 nitrogen and oxygen atoms in total. The van der Waals surface area contributed by atoms with Crippen LogP contribution in [0.15, 0.2) is 55.2 Å². The van der Waals surface area contributed by atoms with Crippen LogP contribution in [0.4, 0.5) is 15.9 Å². The maximum absolute atomic E-state index is 14.9. The van der Waals surface area contributed by atoms with Gasteiger partial charge < -0.3 is 15.0 Å². The third kappa shape index (κ3) is 4.91. The molecule has 1 saturated heterocycles. The molecule has 2 aliphatic rings. The minimum absolute atomic E-state index is 0.136. The van der Waals surface area contributed by atoms with E-state index in [-0.39, 0.29) is 5.75 Å². The number of fused-ring (bicyclic) bond motifs is 5. The number of nitrogens with one attached hydrogen (secondary N) is 1. The van der Waals surface area contributed by atoms with Gasteiger partial charge in [-0.1, -0.05) is 0 Å². The number of aromatic nitrogens is 5. The molecule has 1 fully saturated rings. The lowest BCUT2D eigenvalue weighted by molar-refractivity contribution is 0.148. The molecule has 1 aromatic carbocycles. The lowest BCUT2D eigenvalue weighted by Gasteiger charge is -2.32. The summed E-state index contributed by atoms with van der Waals surface area (Å²) in [6.07, 6.45) is 8.68. The van der Waals surface area contributed by atoms with Crippen LogP contribution in [0, 0.1) is 5.82 Å². The highest BCUT2D eigenvalue weighted by Crippen LogP contribution is 2.45. The molecule has 1 N–H and O–H groups in total. The average molecular weight is 557 g/mol. The van der Waals surface area contributed by atoms with Gasteiger partial charge in [0.2, 0.25) is 0 Å². The van der Waals surface area contributed by atoms with Crippen LogP contribution in [0.2, 0.25) is 0 Å². The van der Waals surface area contributed by atoms with Crippen LogP contribution in [0.1, 0.15) is 11.3 Å². The molecule has 0 amide bonds. The van der Waals surface area contributed by atoms with E-state index in [9.17, 15) is 4.39 Å². The summed E-state index contributed by atoms with van der Waals surface area (Å²) < 4.78 is 22.6. The number of likely N-dealkylation sites (N-methyl/N-ethyl adjacent to an activating group) is 1. The number of thiophene rings is 1. The fraction of sp³-hybridized carbons (Fsp3) is 0.310. The number of nitrogens with zero attached hydrogens (tertiary/aromatic N) is 7. The van der Waals surface area contributed by atoms with Crippen molar-refractivity contribution in [2.24, 2.45) is 0 Å². The molecule has 0 atom stereocenters. The molecule has 0 spiro atoms. The molecule has 0 unspecified atom stereocenters. The Hall–Kier alpha value is -3.93. The van der Waals surface area contributed by atoms with Crippen LogP contribution >= 0.6 is 11.3 Å². The van der Waals surface area contributed by atoms with Crippen molar-refractivity contribution in [2.75, 3.05) is 45.1 Å². The second-order valence-electron chi connectivity index (χ2n) is 10.3. The molecular formula is C29H29FN8OS. The van der Waals surface area contributed by atoms with Crippen molar-refractivity contribution in [3.63, 3.8) is 0 Å². The molecule has 5 heterocycles. The quantitative estimate of drug-likeness (QED) is 0.301. The fourth-order valence-corrected chi connectivity index (χ4v) is 6.61. The van der Waals surface area contributed by atoms with Crippen molar-refractivity contribution in [1.29, 1.82) is 0 Å². The van der Waals surface area contributed by atoms with Crippen molar-refractivity contribution in [3.8, 4) is 21.9 Å². The number of halogens is 1. The van der Waals surface area contributed by atoms with Crippen molar-refractivity contribution in [2.45, 2.75) is 19.4 Å². The van der Waals surface area contributed by atoms with Gasteiger partial charge in [0, 0.05) is 67.3 Å². The summed E-state index contributed by atoms with van der Waals surface area (Å²) >= 11 is 1.67. The van der Waals surface area contributed by atoms with Crippen LogP contribution < -0.4 is 10.1 Å². The highest BCUT2D eigenvalue weighted by Gasteiger charge is 2.26. The van der Waals surface area contributed by atoms with E-state index in [2.05, 4.69) is 48.0 Å². The molecular weight excluding hydrogens is 527 g/mol. The number of hydrogen-bond donors (Lipinski definition) is 1. The molecule has 204 valence electrons. The number of ether oxygens (including phenoxy) is 1. The zero-order valence-corrected chi connectivity index (χ0v) is 23.0. The van der Waals surface area contributed by atoms with Gasteiger partial charge in [0.15, 0.2) is 11.6 Å². The first-order chi connectivity index (χ1) is 19.6. The smallest absolute Gasteiger partial charge is 0.167 e. The van der Waals surface area contributed by atoms with E-state index in [0.29, 0.717) is 17.3 Å². The van der Waals surface area contributed by atoms with E-state index < -0.39 is 5.82 Å². The van der Waals surface area contributed by atoms with Gasteiger partial charge >= 0.3 is 0 Å². The molecule has 0 saturated carbocycles. The van der Waals surface area contributed by atoms with Crippen LogP contribution in [0.3, 0.4) is 0 Å². The van der Waals surface area contributed by atoms with Gasteiger partial charge in [-0.3, -0.25) is 14.6 Å². The maximum Gasteiger partial charge on any atom is 0.167 e. The van der Waals surface area contributed by atoms with Crippen molar-refractivity contribution in [3.05, 3.63) is 72.3 Å². The van der Waals surface area contributed by atoms with E-state index in [1.54, 1.807) is 54.3 Å². The Balaban J connectivity index is 1.12. The van der Waals surface area contributed by atoms with Crippen LogP contribution in [0.5, 0.6) is 11.5 Å². The van der Waals surface area contributed by atoms with Gasteiger partial charge in [-0.05, 0) is 49.7 Å². The van der Waals surface area contributed by atoms with Gasteiger partial charge in [-0.2, -0.15) is 5.10 Å². The number of hydrogen-bond acceptors (Lipinski definition) is 9. The monoisotopic (exact) mass is 556 g/mol. The number of rotatable bonds is 7. The molecule has 5 aromatic rings. The molecule has 1 aliphatic heterocycles. The highest BCUT2D eigenvalue weighted by atomic mass is 32.1. The Labute approximate surface area is 235 Å². The Morgan fingerprint density at radius 2 is 1.98 bits per heavy atom. The first-order valence-corrected chi connectivity index (χ1v) is 14.3. The fourth-order valence-electron chi connectivity index (χ4n) is 5.38. The normalized spacial score (nSPS) is 15.7. The predicted octanol–water partition coefficient (Wildman–Crippen LogP) is 4.97. The lowest BCUT2D eigenvalue weighted by Crippen LogP contribution is -2.45. The van der Waals surface area contributed by atoms with Crippen LogP contribution in [-0.2, 0) is 19.4 Å². The third-order valence-corrected chi connectivity index (χ3v) is 8.75. The number of piperazine rings is 1. The van der Waals surface area contributed by atoms with Crippen LogP contribution in [0.25, 0.3) is 20.7 Å². The standard InChI is InChI=1S/C29H29FN8OS/c1-36-9-11-37(12-10-36)13-14-38-17-22-24(35-38)6-5-21-26-28(32-18-33-29(26)40-27(21)22)34-19-4-7-25(23(30)15-19)39-20-3-2-8-31-16-20/h2-4,7-8,15-18H,5-6,9-14H2,1H3,(H,32,33,34). The number of aryl methyl sites for hydroxylation is 2. The summed E-state index contributed by atoms with van der Waals surface area (Å²) in [6, 6.07) is 8.28. The van der Waals surface area contributed by atoms with Crippen molar-refractivity contribution >= 4 is 33.1 Å². The van der Waals surface area contributed by atoms with Gasteiger partial charge in [0.1, 0.15) is 22.7 Å². The minimum Gasteiger partial charge on any atom is -0.453 e. The second kappa shape index (κ2) is 10.6. The van der Waals surface area contributed by atoms with E-state index in [1.165, 1.54) is 22.1 Å². The summed E-state index contributed by atoms with van der Waals surface area (Å²) in [7, 11) is 2.18. The van der Waals surface area contributed by atoms with Crippen molar-refractivity contribution < 1.29 is 9.13 Å². The van der Waals surface area contributed by atoms with E-state index in [4.69, 9.17) is 9.84 Å². The second-order valence-corrected chi connectivity index (χ2v) is 11.3. The Morgan fingerprint density at radius 1 is 1.07 bits per heavy atom. The molecule has 0 radical (unpaired) electrons. The maximum atomic E-state index is 14.9. The molecule has 0 bridgehead atoms. The van der Waals surface area contributed by atoms with Gasteiger partial charge in [-0.15, -0.1) is 11.3 Å².